The molecule has 0 spiro atoms. The number of nitrogens with two attached hydrogens (primary N) is 1. The molecule has 4 N–H and O–H groups in total. The number of thiophene rings is 1. The Balaban J connectivity index is 0.000000222. The van der Waals surface area contributed by atoms with Crippen LogP contribution in [0.4, 0.5) is 10.5 Å². The van der Waals surface area contributed by atoms with Gasteiger partial charge in [-0.05, 0) is 88.1 Å². The summed E-state index contributed by atoms with van der Waals surface area (Å²) in [5.41, 5.74) is 8.95. The van der Waals surface area contributed by atoms with E-state index in [1.807, 2.05) is 41.7 Å². The number of amides is 2. The number of aromatic nitrogens is 1. The molecule has 1 aliphatic carbocycles. The van der Waals surface area contributed by atoms with Gasteiger partial charge in [0.15, 0.2) is 0 Å². The van der Waals surface area contributed by atoms with Crippen LogP contribution in [-0.2, 0) is 22.4 Å². The fourth-order valence-corrected chi connectivity index (χ4v) is 4.93. The molecular formula is C30H44N4O3S. The monoisotopic (exact) mass is 540 g/mol. The molecule has 1 atom stereocenters. The second-order valence-corrected chi connectivity index (χ2v) is 12.8. The smallest absolute Gasteiger partial charge is 0.407 e. The molecule has 8 heteroatoms. The Morgan fingerprint density at radius 2 is 1.82 bits per heavy atom. The molecule has 0 fully saturated rings. The van der Waals surface area contributed by atoms with E-state index in [-0.39, 0.29) is 0 Å². The number of nitrogens with zero attached hydrogens (tertiary/aromatic N) is 1. The highest BCUT2D eigenvalue weighted by molar-refractivity contribution is 7.18. The number of nitrogen functional groups attached to an aromatic ring is 1. The van der Waals surface area contributed by atoms with Gasteiger partial charge >= 0.3 is 6.09 Å². The molecule has 0 bridgehead atoms. The van der Waals surface area contributed by atoms with Crippen LogP contribution in [-0.4, -0.2) is 36.2 Å². The molecule has 0 aliphatic heterocycles. The highest BCUT2D eigenvalue weighted by atomic mass is 32.1. The normalized spacial score (nSPS) is 14.7. The number of anilines is 1. The molecule has 0 saturated heterocycles. The van der Waals surface area contributed by atoms with Gasteiger partial charge < -0.3 is 21.1 Å². The van der Waals surface area contributed by atoms with Crippen LogP contribution < -0.4 is 16.4 Å². The van der Waals surface area contributed by atoms with Gasteiger partial charge in [-0.3, -0.25) is 4.79 Å². The van der Waals surface area contributed by atoms with Crippen LogP contribution in [0.1, 0.15) is 64.1 Å². The summed E-state index contributed by atoms with van der Waals surface area (Å²) >= 11 is 1.82. The Morgan fingerprint density at radius 3 is 2.37 bits per heavy atom. The lowest BCUT2D eigenvalue weighted by molar-refractivity contribution is -0.109. The average molecular weight is 541 g/mol. The minimum absolute atomic E-state index is 0.369. The number of fused-ring (bicyclic) bond motifs is 2. The third kappa shape index (κ3) is 11.1. The van der Waals surface area contributed by atoms with Crippen LogP contribution in [0.5, 0.6) is 0 Å². The number of para-hydroxylation sites is 1. The van der Waals surface area contributed by atoms with Gasteiger partial charge in [0.25, 0.3) is 0 Å². The van der Waals surface area contributed by atoms with Crippen LogP contribution in [0.2, 0.25) is 0 Å². The minimum Gasteiger partial charge on any atom is -0.444 e. The van der Waals surface area contributed by atoms with E-state index >= 15 is 0 Å². The Bertz CT molecular complexity index is 1160. The molecule has 1 unspecified atom stereocenters. The van der Waals surface area contributed by atoms with Gasteiger partial charge in [0.05, 0.1) is 0 Å². The summed E-state index contributed by atoms with van der Waals surface area (Å²) in [7, 11) is 0. The second kappa shape index (κ2) is 14.1. The topological polar surface area (TPSA) is 106 Å². The first-order valence-electron chi connectivity index (χ1n) is 13.1. The minimum atomic E-state index is -0.484. The summed E-state index contributed by atoms with van der Waals surface area (Å²) in [6.45, 7) is 15.4. The molecule has 2 heterocycles. The number of pyridine rings is 1. The standard InChI is InChI=1S/C16H21NS.C8H16N2O3.C6H7N/c1-10-7-12-8-11-9-13(16(2,3)4)5-6-14(11)17-15(12)18-10;1-8(2,3)13-7(12)10-5-4-9-6-11;7-6-4-2-1-3-5-6/h7-8,13H,5-6,9H2,1-4H3;6H,4-5H2,1-3H3,(H,9,11)(H,10,12);1-5H,7H2. The third-order valence-corrected chi connectivity index (χ3v) is 7.00. The third-order valence-electron chi connectivity index (χ3n) is 6.04. The lowest BCUT2D eigenvalue weighted by atomic mass is 9.71. The number of nitrogens with one attached hydrogen (secondary N) is 2. The largest absolute Gasteiger partial charge is 0.444 e. The van der Waals surface area contributed by atoms with E-state index in [9.17, 15) is 9.59 Å². The van der Waals surface area contributed by atoms with Crippen molar-refractivity contribution in [3.63, 3.8) is 0 Å². The second-order valence-electron chi connectivity index (χ2n) is 11.6. The number of carbonyl (C=O) groups excluding carboxylic acids is 2. The van der Waals surface area contributed by atoms with Crippen LogP contribution in [0.25, 0.3) is 10.2 Å². The van der Waals surface area contributed by atoms with Gasteiger partial charge in [0.1, 0.15) is 10.4 Å². The summed E-state index contributed by atoms with van der Waals surface area (Å²) in [6, 6.07) is 14.1. The number of hydrogen-bond acceptors (Lipinski definition) is 6. The molecule has 1 aliphatic rings. The van der Waals surface area contributed by atoms with Crippen molar-refractivity contribution in [2.45, 2.75) is 73.3 Å². The highest BCUT2D eigenvalue weighted by Gasteiger charge is 2.29. The highest BCUT2D eigenvalue weighted by Crippen LogP contribution is 2.38. The van der Waals surface area contributed by atoms with Crippen molar-refractivity contribution >= 4 is 39.7 Å². The Kier molecular flexibility index (Phi) is 11.6. The quantitative estimate of drug-likeness (QED) is 0.205. The first-order valence-corrected chi connectivity index (χ1v) is 13.9. The van der Waals surface area contributed by atoms with Crippen molar-refractivity contribution in [3.8, 4) is 0 Å². The molecule has 7 nitrogen and oxygen atoms in total. The van der Waals surface area contributed by atoms with Gasteiger partial charge in [-0.25, -0.2) is 9.78 Å². The van der Waals surface area contributed by atoms with Crippen molar-refractivity contribution < 1.29 is 14.3 Å². The lowest BCUT2D eigenvalue weighted by Gasteiger charge is -2.34. The molecule has 2 aromatic heterocycles. The van der Waals surface area contributed by atoms with Crippen LogP contribution in [0.3, 0.4) is 0 Å². The summed E-state index contributed by atoms with van der Waals surface area (Å²) in [5.74, 6) is 0.795. The van der Waals surface area contributed by atoms with Crippen molar-refractivity contribution in [1.82, 2.24) is 15.6 Å². The average Bonchev–Trinajstić information content (AvgIpc) is 3.18. The maximum atomic E-state index is 11.0. The van der Waals surface area contributed by atoms with Crippen LogP contribution in [0, 0.1) is 18.3 Å². The number of rotatable bonds is 4. The van der Waals surface area contributed by atoms with Gasteiger partial charge in [-0.15, -0.1) is 11.3 Å². The maximum absolute atomic E-state index is 11.0. The fraction of sp³-hybridized carbons (Fsp3) is 0.500. The first kappa shape index (κ1) is 31.1. The number of alkyl carbamates (subject to hydrolysis) is 1. The zero-order valence-electron chi connectivity index (χ0n) is 23.9. The summed E-state index contributed by atoms with van der Waals surface area (Å²) in [5, 5.41) is 6.25. The van der Waals surface area contributed by atoms with E-state index in [1.54, 1.807) is 20.8 Å². The van der Waals surface area contributed by atoms with Gasteiger partial charge in [-0.2, -0.15) is 0 Å². The van der Waals surface area contributed by atoms with Gasteiger partial charge in [0.2, 0.25) is 6.41 Å². The van der Waals surface area contributed by atoms with Crippen LogP contribution in [0.15, 0.2) is 42.5 Å². The summed E-state index contributed by atoms with van der Waals surface area (Å²) < 4.78 is 4.95. The van der Waals surface area contributed by atoms with E-state index in [4.69, 9.17) is 15.5 Å². The predicted octanol–water partition coefficient (Wildman–Crippen LogP) is 6.28. The molecule has 3 aromatic rings. The molecular weight excluding hydrogens is 496 g/mol. The summed E-state index contributed by atoms with van der Waals surface area (Å²) in [6.07, 6.45) is 3.76. The Morgan fingerprint density at radius 1 is 1.13 bits per heavy atom. The molecule has 0 radical (unpaired) electrons. The lowest BCUT2D eigenvalue weighted by Crippen LogP contribution is -2.36. The SMILES string of the molecule is CC(C)(C)OC(=O)NCCNC=O.Cc1cc2cc3c(nc2s1)CCC(C(C)(C)C)C3.Nc1ccccc1. The molecule has 1 aromatic carbocycles. The van der Waals surface area contributed by atoms with Crippen molar-refractivity contribution in [1.29, 1.82) is 0 Å². The van der Waals surface area contributed by atoms with E-state index < -0.39 is 11.7 Å². The molecule has 4 rings (SSSR count). The Labute approximate surface area is 231 Å². The zero-order valence-corrected chi connectivity index (χ0v) is 24.7. The number of aryl methyl sites for hydroxylation is 2. The van der Waals surface area contributed by atoms with Crippen molar-refractivity contribution in [3.05, 3.63) is 58.6 Å². The summed E-state index contributed by atoms with van der Waals surface area (Å²) in [4.78, 5) is 28.3. The van der Waals surface area contributed by atoms with Gasteiger partial charge in [0, 0.05) is 34.7 Å². The van der Waals surface area contributed by atoms with E-state index in [0.29, 0.717) is 24.9 Å². The van der Waals surface area contributed by atoms with Crippen molar-refractivity contribution in [2.75, 3.05) is 18.8 Å². The number of ether oxygens (including phenoxy) is 1. The zero-order chi connectivity index (χ0) is 28.3. The van der Waals surface area contributed by atoms with E-state index in [1.165, 1.54) is 39.2 Å². The number of carbonyl (C=O) groups is 2. The fourth-order valence-electron chi connectivity index (χ4n) is 4.05. The molecule has 0 saturated carbocycles. The van der Waals surface area contributed by atoms with E-state index in [2.05, 4.69) is 50.5 Å². The first-order chi connectivity index (χ1) is 17.8. The molecule has 38 heavy (non-hydrogen) atoms. The number of hydrogen-bond donors (Lipinski definition) is 3. The molecule has 2 amide bonds. The van der Waals surface area contributed by atoms with Crippen LogP contribution >= 0.6 is 11.3 Å². The van der Waals surface area contributed by atoms with Crippen molar-refractivity contribution in [2.24, 2.45) is 11.3 Å². The number of benzene rings is 1. The van der Waals surface area contributed by atoms with Gasteiger partial charge in [-0.1, -0.05) is 39.0 Å². The van der Waals surface area contributed by atoms with E-state index in [0.717, 1.165) is 18.0 Å². The Hall–Kier alpha value is -3.13. The maximum Gasteiger partial charge on any atom is 0.407 e. The predicted molar refractivity (Wildman–Crippen MR) is 158 cm³/mol. The molecule has 208 valence electrons.